The second kappa shape index (κ2) is 4.42. The molecule has 0 amide bonds. The van der Waals surface area contributed by atoms with Crippen molar-refractivity contribution in [3.8, 4) is 11.3 Å². The molecule has 0 aliphatic heterocycles. The second-order valence-corrected chi connectivity index (χ2v) is 3.96. The topological polar surface area (TPSA) is 66.0 Å². The number of hydrogen-bond donors (Lipinski definition) is 2. The summed E-state index contributed by atoms with van der Waals surface area (Å²) in [5, 5.41) is 14.9. The highest BCUT2D eigenvalue weighted by Gasteiger charge is 2.30. The maximum Gasteiger partial charge on any atom is 0.416 e. The van der Waals surface area contributed by atoms with Crippen molar-refractivity contribution in [1.82, 2.24) is 10.2 Å². The van der Waals surface area contributed by atoms with E-state index < -0.39 is 17.7 Å². The number of aromatic carboxylic acids is 1. The largest absolute Gasteiger partial charge is 0.477 e. The monoisotopic (exact) mass is 270 g/mol. The summed E-state index contributed by atoms with van der Waals surface area (Å²) < 4.78 is 37.8. The van der Waals surface area contributed by atoms with Gasteiger partial charge in [0.2, 0.25) is 0 Å². The number of halogens is 3. The molecule has 2 N–H and O–H groups in total. The zero-order valence-electron chi connectivity index (χ0n) is 9.75. The second-order valence-electron chi connectivity index (χ2n) is 3.96. The first-order chi connectivity index (χ1) is 8.80. The minimum absolute atomic E-state index is 0.132. The first-order valence-electron chi connectivity index (χ1n) is 5.26. The van der Waals surface area contributed by atoms with E-state index in [0.29, 0.717) is 5.56 Å². The number of aromatic nitrogens is 2. The highest BCUT2D eigenvalue weighted by Crippen LogP contribution is 2.32. The predicted octanol–water partition coefficient (Wildman–Crippen LogP) is 3.10. The Balaban J connectivity index is 2.51. The number of H-pyrrole nitrogens is 1. The Hall–Kier alpha value is -2.31. The van der Waals surface area contributed by atoms with Crippen molar-refractivity contribution in [2.45, 2.75) is 13.1 Å². The normalized spacial score (nSPS) is 11.6. The molecule has 0 unspecified atom stereocenters. The number of hydrogen-bond acceptors (Lipinski definition) is 2. The van der Waals surface area contributed by atoms with Gasteiger partial charge in [-0.25, -0.2) is 4.79 Å². The van der Waals surface area contributed by atoms with Gasteiger partial charge < -0.3 is 5.11 Å². The Labute approximate surface area is 105 Å². The molecule has 0 aliphatic rings. The van der Waals surface area contributed by atoms with Crippen LogP contribution in [-0.2, 0) is 6.18 Å². The summed E-state index contributed by atoms with van der Waals surface area (Å²) >= 11 is 0. The summed E-state index contributed by atoms with van der Waals surface area (Å²) in [6, 6.07) is 4.59. The van der Waals surface area contributed by atoms with Gasteiger partial charge in [0, 0.05) is 11.1 Å². The van der Waals surface area contributed by atoms with Crippen LogP contribution in [0.5, 0.6) is 0 Å². The van der Waals surface area contributed by atoms with Crippen LogP contribution >= 0.6 is 0 Å². The van der Waals surface area contributed by atoms with Gasteiger partial charge in [0.25, 0.3) is 0 Å². The molecule has 0 saturated heterocycles. The first kappa shape index (κ1) is 13.1. The van der Waals surface area contributed by atoms with Crippen molar-refractivity contribution >= 4 is 5.97 Å². The number of nitrogens with one attached hydrogen (secondary N) is 1. The van der Waals surface area contributed by atoms with Gasteiger partial charge in [-0.15, -0.1) is 0 Å². The molecule has 0 fully saturated rings. The Morgan fingerprint density at radius 3 is 2.58 bits per heavy atom. The minimum Gasteiger partial charge on any atom is -0.477 e. The molecule has 4 nitrogen and oxygen atoms in total. The van der Waals surface area contributed by atoms with E-state index in [0.717, 1.165) is 12.1 Å². The number of alkyl halides is 3. The van der Waals surface area contributed by atoms with Crippen LogP contribution in [0.25, 0.3) is 11.3 Å². The fourth-order valence-corrected chi connectivity index (χ4v) is 1.73. The molecule has 0 radical (unpaired) electrons. The molecule has 1 aromatic carbocycles. The summed E-state index contributed by atoms with van der Waals surface area (Å²) in [6.45, 7) is 1.49. The van der Waals surface area contributed by atoms with Crippen LogP contribution in [0.15, 0.2) is 24.3 Å². The van der Waals surface area contributed by atoms with Gasteiger partial charge in [-0.1, -0.05) is 12.1 Å². The molecule has 19 heavy (non-hydrogen) atoms. The number of aromatic amines is 1. The van der Waals surface area contributed by atoms with Crippen molar-refractivity contribution in [1.29, 1.82) is 0 Å². The average molecular weight is 270 g/mol. The van der Waals surface area contributed by atoms with Crippen molar-refractivity contribution in [3.63, 3.8) is 0 Å². The van der Waals surface area contributed by atoms with E-state index in [4.69, 9.17) is 5.11 Å². The number of carboxylic acid groups (broad SMARTS) is 1. The van der Waals surface area contributed by atoms with E-state index in [1.54, 1.807) is 0 Å². The van der Waals surface area contributed by atoms with Gasteiger partial charge in [-0.05, 0) is 19.1 Å². The van der Waals surface area contributed by atoms with Crippen LogP contribution in [0.1, 0.15) is 21.6 Å². The third-order valence-electron chi connectivity index (χ3n) is 2.69. The number of nitrogens with zero attached hydrogens (tertiary/aromatic N) is 1. The highest BCUT2D eigenvalue weighted by atomic mass is 19.4. The molecule has 0 atom stereocenters. The van der Waals surface area contributed by atoms with E-state index in [2.05, 4.69) is 10.2 Å². The third kappa shape index (κ3) is 2.44. The summed E-state index contributed by atoms with van der Waals surface area (Å²) in [6.07, 6.45) is -4.45. The lowest BCUT2D eigenvalue weighted by atomic mass is 10.0. The van der Waals surface area contributed by atoms with Crippen molar-refractivity contribution in [2.24, 2.45) is 0 Å². The van der Waals surface area contributed by atoms with Gasteiger partial charge in [0.05, 0.1) is 11.3 Å². The molecular weight excluding hydrogens is 261 g/mol. The maximum atomic E-state index is 12.6. The standard InChI is InChI=1S/C12H9F3N2O2/c1-6-9(16-17-10(6)11(18)19)7-3-2-4-8(5-7)12(13,14)15/h2-5H,1H3,(H,16,17)(H,18,19). The third-order valence-corrected chi connectivity index (χ3v) is 2.69. The number of carbonyl (C=O) groups is 1. The van der Waals surface area contributed by atoms with E-state index in [1.807, 2.05) is 0 Å². The zero-order valence-corrected chi connectivity index (χ0v) is 9.75. The SMILES string of the molecule is Cc1c(-c2cccc(C(F)(F)F)c2)n[nH]c1C(=O)O. The lowest BCUT2D eigenvalue weighted by Gasteiger charge is -2.07. The van der Waals surface area contributed by atoms with Crippen LogP contribution in [0.3, 0.4) is 0 Å². The minimum atomic E-state index is -4.45. The fourth-order valence-electron chi connectivity index (χ4n) is 1.73. The van der Waals surface area contributed by atoms with Crippen molar-refractivity contribution in [3.05, 3.63) is 41.1 Å². The maximum absolute atomic E-state index is 12.6. The lowest BCUT2D eigenvalue weighted by Crippen LogP contribution is -2.04. The van der Waals surface area contributed by atoms with Crippen LogP contribution in [-0.4, -0.2) is 21.3 Å². The van der Waals surface area contributed by atoms with E-state index in [-0.39, 0.29) is 17.0 Å². The average Bonchev–Trinajstić information content (AvgIpc) is 2.70. The summed E-state index contributed by atoms with van der Waals surface area (Å²) in [4.78, 5) is 10.8. The van der Waals surface area contributed by atoms with Gasteiger partial charge in [0.1, 0.15) is 5.69 Å². The number of carboxylic acids is 1. The summed E-state index contributed by atoms with van der Waals surface area (Å²) in [5.41, 5.74) is -0.219. The predicted molar refractivity (Wildman–Crippen MR) is 60.7 cm³/mol. The van der Waals surface area contributed by atoms with Gasteiger partial charge in [0.15, 0.2) is 0 Å². The highest BCUT2D eigenvalue weighted by molar-refractivity contribution is 5.89. The van der Waals surface area contributed by atoms with Crippen molar-refractivity contribution < 1.29 is 23.1 Å². The molecule has 2 rings (SSSR count). The number of benzene rings is 1. The molecule has 2 aromatic rings. The summed E-state index contributed by atoms with van der Waals surface area (Å²) in [7, 11) is 0. The Bertz CT molecular complexity index is 632. The molecule has 0 bridgehead atoms. The van der Waals surface area contributed by atoms with Crippen LogP contribution in [0, 0.1) is 6.92 Å². The van der Waals surface area contributed by atoms with E-state index in [9.17, 15) is 18.0 Å². The summed E-state index contributed by atoms with van der Waals surface area (Å²) in [5.74, 6) is -1.21. The molecule has 7 heteroatoms. The number of rotatable bonds is 2. The molecular formula is C12H9F3N2O2. The van der Waals surface area contributed by atoms with Gasteiger partial charge in [-0.3, -0.25) is 5.10 Å². The van der Waals surface area contributed by atoms with Crippen LogP contribution < -0.4 is 0 Å². The molecule has 0 saturated carbocycles. The molecule has 0 aliphatic carbocycles. The first-order valence-corrected chi connectivity index (χ1v) is 5.26. The Morgan fingerprint density at radius 1 is 1.37 bits per heavy atom. The fraction of sp³-hybridized carbons (Fsp3) is 0.167. The lowest BCUT2D eigenvalue weighted by molar-refractivity contribution is -0.137. The van der Waals surface area contributed by atoms with Crippen LogP contribution in [0.4, 0.5) is 13.2 Å². The molecule has 100 valence electrons. The Morgan fingerprint density at radius 2 is 2.05 bits per heavy atom. The Kier molecular flexibility index (Phi) is 3.05. The van der Waals surface area contributed by atoms with Crippen molar-refractivity contribution in [2.75, 3.05) is 0 Å². The molecule has 1 heterocycles. The van der Waals surface area contributed by atoms with E-state index >= 15 is 0 Å². The van der Waals surface area contributed by atoms with Gasteiger partial charge >= 0.3 is 12.1 Å². The van der Waals surface area contributed by atoms with E-state index in [1.165, 1.54) is 19.1 Å². The quantitative estimate of drug-likeness (QED) is 0.881. The van der Waals surface area contributed by atoms with Gasteiger partial charge in [-0.2, -0.15) is 18.3 Å². The smallest absolute Gasteiger partial charge is 0.416 e. The van der Waals surface area contributed by atoms with Crippen LogP contribution in [0.2, 0.25) is 0 Å². The molecule has 1 aromatic heterocycles. The zero-order chi connectivity index (χ0) is 14.2. The molecule has 0 spiro atoms.